The molecule has 3 aromatic rings. The van der Waals surface area contributed by atoms with Gasteiger partial charge >= 0.3 is 5.97 Å². The van der Waals surface area contributed by atoms with E-state index in [1.165, 1.54) is 9.58 Å². The molecule has 2 aromatic carbocycles. The summed E-state index contributed by atoms with van der Waals surface area (Å²) >= 11 is 6.60. The molecule has 1 aromatic heterocycles. The summed E-state index contributed by atoms with van der Waals surface area (Å²) in [6.07, 6.45) is 1.65. The van der Waals surface area contributed by atoms with Crippen LogP contribution in [0.3, 0.4) is 0 Å². The average molecular weight is 526 g/mol. The van der Waals surface area contributed by atoms with Crippen molar-refractivity contribution in [3.8, 4) is 17.2 Å². The number of aliphatic carboxylic acids is 1. The molecule has 1 amide bonds. The lowest BCUT2D eigenvalue weighted by Crippen LogP contribution is -2.33. The van der Waals surface area contributed by atoms with Crippen molar-refractivity contribution in [2.75, 3.05) is 18.1 Å². The number of hydrogen-bond donors (Lipinski definition) is 1. The van der Waals surface area contributed by atoms with Crippen LogP contribution < -0.4 is 19.9 Å². The van der Waals surface area contributed by atoms with E-state index in [9.17, 15) is 14.4 Å². The fourth-order valence-corrected chi connectivity index (χ4v) is 5.04. The topological polar surface area (TPSA) is 103 Å². The monoisotopic (exact) mass is 525 g/mol. The number of nitrogens with zero attached hydrogens (tertiary/aromatic N) is 3. The zero-order valence-corrected chi connectivity index (χ0v) is 21.4. The minimum atomic E-state index is -1.10. The predicted molar refractivity (Wildman–Crippen MR) is 142 cm³/mol. The molecular weight excluding hydrogens is 502 g/mol. The van der Waals surface area contributed by atoms with Crippen LogP contribution in [0.4, 0.5) is 5.69 Å². The number of carboxylic acids is 1. The van der Waals surface area contributed by atoms with Crippen LogP contribution in [0.15, 0.2) is 58.2 Å². The molecule has 0 unspecified atom stereocenters. The van der Waals surface area contributed by atoms with Crippen molar-refractivity contribution in [3.05, 3.63) is 75.0 Å². The smallest absolute Gasteiger partial charge is 0.341 e. The normalized spacial score (nSPS) is 14.5. The van der Waals surface area contributed by atoms with Gasteiger partial charge in [0.15, 0.2) is 22.4 Å². The lowest BCUT2D eigenvalue weighted by atomic mass is 10.2. The second kappa shape index (κ2) is 10.4. The maximum absolute atomic E-state index is 13.4. The van der Waals surface area contributed by atoms with E-state index in [-0.39, 0.29) is 21.3 Å². The Labute approximate surface area is 216 Å². The van der Waals surface area contributed by atoms with Gasteiger partial charge in [-0.15, -0.1) is 0 Å². The maximum atomic E-state index is 13.4. The molecule has 36 heavy (non-hydrogen) atoms. The third-order valence-corrected chi connectivity index (χ3v) is 6.76. The second-order valence-corrected chi connectivity index (χ2v) is 9.42. The highest BCUT2D eigenvalue weighted by Gasteiger charge is 2.37. The number of benzene rings is 2. The summed E-state index contributed by atoms with van der Waals surface area (Å²) in [5.41, 5.74) is 1.76. The van der Waals surface area contributed by atoms with E-state index in [2.05, 4.69) is 0 Å². The van der Waals surface area contributed by atoms with Gasteiger partial charge in [0.1, 0.15) is 5.69 Å². The molecule has 4 rings (SSSR count). The van der Waals surface area contributed by atoms with Gasteiger partial charge in [0.25, 0.3) is 11.5 Å². The number of rotatable bonds is 8. The predicted octanol–water partition coefficient (Wildman–Crippen LogP) is 3.75. The highest BCUT2D eigenvalue weighted by molar-refractivity contribution is 8.27. The second-order valence-electron chi connectivity index (χ2n) is 7.75. The molecule has 0 radical (unpaired) electrons. The van der Waals surface area contributed by atoms with Crippen LogP contribution in [0.1, 0.15) is 18.2 Å². The number of carbonyl (C=O) groups is 2. The van der Waals surface area contributed by atoms with Crippen LogP contribution in [0, 0.1) is 6.92 Å². The van der Waals surface area contributed by atoms with Gasteiger partial charge in [-0.25, -0.2) is 9.48 Å². The first-order valence-electron chi connectivity index (χ1n) is 11.0. The summed E-state index contributed by atoms with van der Waals surface area (Å²) in [6, 6.07) is 14.1. The van der Waals surface area contributed by atoms with Gasteiger partial charge in [0.2, 0.25) is 0 Å². The standard InChI is InChI=1S/C25H23N3O6S2/c1-4-33-19-12-16(10-11-18(19)34-14-21(29)30)13-20-23(31)27(25(35)36-20)22-15(2)26(3)28(24(22)32)17-8-6-5-7-9-17/h5-13H,4,14H2,1-3H3,(H,29,30)/b20-13+. The molecule has 1 saturated heterocycles. The molecule has 0 atom stereocenters. The van der Waals surface area contributed by atoms with E-state index in [0.717, 1.165) is 11.8 Å². The molecule has 0 bridgehead atoms. The van der Waals surface area contributed by atoms with Crippen LogP contribution in [-0.4, -0.2) is 43.9 Å². The number of hydrogen-bond acceptors (Lipinski definition) is 7. The van der Waals surface area contributed by atoms with Gasteiger partial charge in [0, 0.05) is 7.05 Å². The average Bonchev–Trinajstić information content (AvgIpc) is 3.24. The van der Waals surface area contributed by atoms with Crippen molar-refractivity contribution in [1.82, 2.24) is 9.36 Å². The van der Waals surface area contributed by atoms with Gasteiger partial charge in [-0.2, -0.15) is 0 Å². The number of amides is 1. The Bertz CT molecular complexity index is 1440. The minimum absolute atomic E-state index is 0.208. The Balaban J connectivity index is 1.68. The first-order valence-corrected chi connectivity index (χ1v) is 12.2. The third-order valence-electron chi connectivity index (χ3n) is 5.46. The van der Waals surface area contributed by atoms with Crippen LogP contribution in [0.25, 0.3) is 11.8 Å². The molecule has 186 valence electrons. The first kappa shape index (κ1) is 25.3. The minimum Gasteiger partial charge on any atom is -0.490 e. The number of carboxylic acid groups (broad SMARTS) is 1. The van der Waals surface area contributed by atoms with Crippen molar-refractivity contribution in [2.45, 2.75) is 13.8 Å². The molecule has 1 aliphatic rings. The molecule has 1 fully saturated rings. The van der Waals surface area contributed by atoms with Crippen molar-refractivity contribution in [2.24, 2.45) is 7.05 Å². The van der Waals surface area contributed by atoms with E-state index in [1.54, 1.807) is 49.9 Å². The fourth-order valence-electron chi connectivity index (χ4n) is 3.77. The molecule has 0 saturated carbocycles. The van der Waals surface area contributed by atoms with Crippen LogP contribution in [-0.2, 0) is 16.6 Å². The zero-order chi connectivity index (χ0) is 26.0. The Morgan fingerprint density at radius 3 is 2.50 bits per heavy atom. The number of para-hydroxylation sites is 1. The van der Waals surface area contributed by atoms with Gasteiger partial charge in [-0.1, -0.05) is 48.2 Å². The Morgan fingerprint density at radius 2 is 1.83 bits per heavy atom. The SMILES string of the molecule is CCOc1cc(/C=C2/SC(=S)N(c3c(C)n(C)n(-c4ccccc4)c3=O)C2=O)ccc1OCC(=O)O. The third kappa shape index (κ3) is 4.79. The highest BCUT2D eigenvalue weighted by Crippen LogP contribution is 2.37. The van der Waals surface area contributed by atoms with Crippen molar-refractivity contribution < 1.29 is 24.2 Å². The lowest BCUT2D eigenvalue weighted by molar-refractivity contribution is -0.139. The summed E-state index contributed by atoms with van der Waals surface area (Å²) in [5.74, 6) is -0.870. The molecule has 11 heteroatoms. The Morgan fingerprint density at radius 1 is 1.11 bits per heavy atom. The van der Waals surface area contributed by atoms with Gasteiger partial charge in [-0.3, -0.25) is 19.2 Å². The molecule has 1 aliphatic heterocycles. The summed E-state index contributed by atoms with van der Waals surface area (Å²) in [7, 11) is 1.75. The maximum Gasteiger partial charge on any atom is 0.341 e. The Hall–Kier alpha value is -3.83. The molecule has 0 aliphatic carbocycles. The van der Waals surface area contributed by atoms with Gasteiger partial charge < -0.3 is 14.6 Å². The van der Waals surface area contributed by atoms with E-state index < -0.39 is 18.5 Å². The van der Waals surface area contributed by atoms with Crippen molar-refractivity contribution in [1.29, 1.82) is 0 Å². The fraction of sp³-hybridized carbons (Fsp3) is 0.200. The van der Waals surface area contributed by atoms with Crippen LogP contribution in [0.5, 0.6) is 11.5 Å². The van der Waals surface area contributed by atoms with Crippen molar-refractivity contribution in [3.63, 3.8) is 0 Å². The molecule has 2 heterocycles. The van der Waals surface area contributed by atoms with E-state index >= 15 is 0 Å². The first-order chi connectivity index (χ1) is 17.2. The highest BCUT2D eigenvalue weighted by atomic mass is 32.2. The molecule has 0 spiro atoms. The zero-order valence-electron chi connectivity index (χ0n) is 19.8. The van der Waals surface area contributed by atoms with E-state index in [0.29, 0.717) is 34.2 Å². The largest absolute Gasteiger partial charge is 0.490 e. The van der Waals surface area contributed by atoms with Gasteiger partial charge in [-0.05, 0) is 49.8 Å². The van der Waals surface area contributed by atoms with E-state index in [1.807, 2.05) is 30.3 Å². The number of thioether (sulfide) groups is 1. The number of aromatic nitrogens is 2. The summed E-state index contributed by atoms with van der Waals surface area (Å²) < 4.78 is 14.3. The molecule has 1 N–H and O–H groups in total. The number of ether oxygens (including phenoxy) is 2. The Kier molecular flexibility index (Phi) is 7.32. The van der Waals surface area contributed by atoms with Crippen molar-refractivity contribution >= 4 is 51.9 Å². The number of thiocarbonyl (C=S) groups is 1. The number of carbonyl (C=O) groups excluding carboxylic acids is 1. The van der Waals surface area contributed by atoms with E-state index in [4.69, 9.17) is 26.8 Å². The molecular formula is C25H23N3O6S2. The molecule has 9 nitrogen and oxygen atoms in total. The number of anilines is 1. The summed E-state index contributed by atoms with van der Waals surface area (Å²) in [4.78, 5) is 39.3. The quantitative estimate of drug-likeness (QED) is 0.350. The van der Waals surface area contributed by atoms with Crippen LogP contribution >= 0.6 is 24.0 Å². The lowest BCUT2D eigenvalue weighted by Gasteiger charge is -2.12. The summed E-state index contributed by atoms with van der Waals surface area (Å²) in [5, 5.41) is 8.88. The van der Waals surface area contributed by atoms with Crippen LogP contribution in [0.2, 0.25) is 0 Å². The summed E-state index contributed by atoms with van der Waals surface area (Å²) in [6.45, 7) is 3.40. The van der Waals surface area contributed by atoms with Gasteiger partial charge in [0.05, 0.1) is 22.9 Å².